The lowest BCUT2D eigenvalue weighted by Gasteiger charge is -2.36. The third-order valence-corrected chi connectivity index (χ3v) is 5.70. The number of nitrogens with zero attached hydrogens (tertiary/aromatic N) is 5. The molecular weight excluding hydrogens is 402 g/mol. The van der Waals surface area contributed by atoms with Gasteiger partial charge in [-0.15, -0.1) is 10.2 Å². The van der Waals surface area contributed by atoms with Gasteiger partial charge in [-0.3, -0.25) is 9.78 Å². The molecule has 1 amide bonds. The van der Waals surface area contributed by atoms with Crippen LogP contribution in [0.15, 0.2) is 77.5 Å². The first kappa shape index (κ1) is 19.9. The molecule has 0 bridgehead atoms. The number of piperazine rings is 1. The minimum Gasteiger partial charge on any atom is -0.416 e. The van der Waals surface area contributed by atoms with Gasteiger partial charge in [-0.05, 0) is 55.5 Å². The molecule has 5 rings (SSSR count). The Morgan fingerprint density at radius 3 is 1.94 bits per heavy atom. The number of rotatable bonds is 4. The highest BCUT2D eigenvalue weighted by molar-refractivity contribution is 5.94. The van der Waals surface area contributed by atoms with Crippen molar-refractivity contribution in [3.8, 4) is 22.9 Å². The molecule has 0 atom stereocenters. The second kappa shape index (κ2) is 8.63. The Balaban J connectivity index is 1.24. The van der Waals surface area contributed by atoms with Crippen LogP contribution in [0.25, 0.3) is 22.9 Å². The van der Waals surface area contributed by atoms with Crippen molar-refractivity contribution in [2.24, 2.45) is 0 Å². The zero-order chi connectivity index (χ0) is 21.9. The normalized spacial score (nSPS) is 13.9. The highest BCUT2D eigenvalue weighted by Crippen LogP contribution is 2.25. The van der Waals surface area contributed by atoms with E-state index in [2.05, 4.69) is 20.1 Å². The van der Waals surface area contributed by atoms with E-state index in [1.807, 2.05) is 72.5 Å². The lowest BCUT2D eigenvalue weighted by atomic mass is 10.1. The molecule has 0 radical (unpaired) electrons. The molecule has 1 aliphatic heterocycles. The maximum Gasteiger partial charge on any atom is 0.253 e. The van der Waals surface area contributed by atoms with E-state index < -0.39 is 0 Å². The number of amides is 1. The van der Waals surface area contributed by atoms with Crippen LogP contribution in [0.1, 0.15) is 15.9 Å². The van der Waals surface area contributed by atoms with Gasteiger partial charge in [0.05, 0.1) is 0 Å². The number of carbonyl (C=O) groups is 1. The zero-order valence-corrected chi connectivity index (χ0v) is 17.8. The largest absolute Gasteiger partial charge is 0.416 e. The van der Waals surface area contributed by atoms with Crippen LogP contribution >= 0.6 is 0 Å². The van der Waals surface area contributed by atoms with E-state index >= 15 is 0 Å². The summed E-state index contributed by atoms with van der Waals surface area (Å²) in [6, 6.07) is 19.3. The summed E-state index contributed by atoms with van der Waals surface area (Å²) in [4.78, 5) is 21.2. The highest BCUT2D eigenvalue weighted by Gasteiger charge is 2.22. The van der Waals surface area contributed by atoms with Crippen LogP contribution in [0.4, 0.5) is 5.69 Å². The summed E-state index contributed by atoms with van der Waals surface area (Å²) in [5.74, 6) is 0.953. The number of aromatic nitrogens is 3. The molecule has 4 aromatic rings. The van der Waals surface area contributed by atoms with Gasteiger partial charge in [0.25, 0.3) is 5.91 Å². The van der Waals surface area contributed by atoms with Crippen LogP contribution in [0.5, 0.6) is 0 Å². The van der Waals surface area contributed by atoms with Crippen molar-refractivity contribution >= 4 is 11.6 Å². The van der Waals surface area contributed by atoms with Gasteiger partial charge in [0.1, 0.15) is 0 Å². The van der Waals surface area contributed by atoms with E-state index in [0.29, 0.717) is 30.4 Å². The second-order valence-corrected chi connectivity index (χ2v) is 7.84. The summed E-state index contributed by atoms with van der Waals surface area (Å²) in [6.45, 7) is 5.01. The van der Waals surface area contributed by atoms with E-state index in [1.54, 1.807) is 12.4 Å². The number of carbonyl (C=O) groups excluding carboxylic acids is 1. The SMILES string of the molecule is Cc1ccc(-c2nnc(-c3ccc(C(=O)N4CCN(c5ccncc5)CC4)cc3)o2)cc1. The summed E-state index contributed by atoms with van der Waals surface area (Å²) in [5.41, 5.74) is 4.64. The van der Waals surface area contributed by atoms with Crippen LogP contribution in [-0.2, 0) is 0 Å². The Bertz CT molecular complexity index is 1200. The van der Waals surface area contributed by atoms with Crippen molar-refractivity contribution < 1.29 is 9.21 Å². The molecule has 0 N–H and O–H groups in total. The van der Waals surface area contributed by atoms with Crippen molar-refractivity contribution in [2.75, 3.05) is 31.1 Å². The number of hydrogen-bond acceptors (Lipinski definition) is 6. The van der Waals surface area contributed by atoms with Crippen molar-refractivity contribution in [1.82, 2.24) is 20.1 Å². The average molecular weight is 425 g/mol. The molecule has 1 aliphatic rings. The van der Waals surface area contributed by atoms with Crippen LogP contribution in [0.2, 0.25) is 0 Å². The molecule has 1 fully saturated rings. The van der Waals surface area contributed by atoms with Gasteiger partial charge in [-0.25, -0.2) is 0 Å². The average Bonchev–Trinajstić information content (AvgIpc) is 3.35. The van der Waals surface area contributed by atoms with E-state index in [0.717, 1.165) is 29.9 Å². The van der Waals surface area contributed by atoms with Gasteiger partial charge in [-0.1, -0.05) is 17.7 Å². The monoisotopic (exact) mass is 425 g/mol. The molecule has 160 valence electrons. The zero-order valence-electron chi connectivity index (χ0n) is 17.8. The van der Waals surface area contributed by atoms with Crippen molar-refractivity contribution in [2.45, 2.75) is 6.92 Å². The molecule has 7 heteroatoms. The van der Waals surface area contributed by atoms with Crippen LogP contribution in [0, 0.1) is 6.92 Å². The predicted octanol–water partition coefficient (Wildman–Crippen LogP) is 4.07. The highest BCUT2D eigenvalue weighted by atomic mass is 16.4. The summed E-state index contributed by atoms with van der Waals surface area (Å²) >= 11 is 0. The van der Waals surface area contributed by atoms with Crippen LogP contribution in [-0.4, -0.2) is 52.2 Å². The number of anilines is 1. The summed E-state index contributed by atoms with van der Waals surface area (Å²) in [5, 5.41) is 8.32. The first-order valence-corrected chi connectivity index (χ1v) is 10.6. The molecule has 0 spiro atoms. The van der Waals surface area contributed by atoms with Gasteiger partial charge >= 0.3 is 0 Å². The summed E-state index contributed by atoms with van der Waals surface area (Å²) in [7, 11) is 0. The van der Waals surface area contributed by atoms with Crippen molar-refractivity contribution in [3.05, 3.63) is 84.2 Å². The fraction of sp³-hybridized carbons (Fsp3) is 0.200. The molecule has 1 saturated heterocycles. The molecule has 0 unspecified atom stereocenters. The maximum atomic E-state index is 13.0. The molecule has 32 heavy (non-hydrogen) atoms. The number of benzene rings is 2. The predicted molar refractivity (Wildman–Crippen MR) is 122 cm³/mol. The number of aryl methyl sites for hydroxylation is 1. The standard InChI is InChI=1S/C25H23N5O2/c1-18-2-4-19(5-3-18)23-27-28-24(32-23)20-6-8-21(9-7-20)25(31)30-16-14-29(15-17-30)22-10-12-26-13-11-22/h2-13H,14-17H2,1H3. The number of pyridine rings is 1. The quantitative estimate of drug-likeness (QED) is 0.491. The minimum atomic E-state index is 0.0387. The van der Waals surface area contributed by atoms with E-state index in [4.69, 9.17) is 4.42 Å². The molecule has 2 aromatic heterocycles. The van der Waals surface area contributed by atoms with Crippen molar-refractivity contribution in [1.29, 1.82) is 0 Å². The molecule has 0 aliphatic carbocycles. The summed E-state index contributed by atoms with van der Waals surface area (Å²) < 4.78 is 5.84. The fourth-order valence-corrected chi connectivity index (χ4v) is 3.81. The minimum absolute atomic E-state index is 0.0387. The molecule has 3 heterocycles. The molecule has 0 saturated carbocycles. The van der Waals surface area contributed by atoms with Crippen LogP contribution in [0.3, 0.4) is 0 Å². The van der Waals surface area contributed by atoms with Gasteiger partial charge in [0.15, 0.2) is 0 Å². The smallest absolute Gasteiger partial charge is 0.253 e. The Hall–Kier alpha value is -4.00. The van der Waals surface area contributed by atoms with E-state index in [9.17, 15) is 4.79 Å². The Kier molecular flexibility index (Phi) is 5.37. The second-order valence-electron chi connectivity index (χ2n) is 7.84. The molecule has 7 nitrogen and oxygen atoms in total. The number of hydrogen-bond donors (Lipinski definition) is 0. The van der Waals surface area contributed by atoms with Crippen LogP contribution < -0.4 is 4.90 Å². The first-order valence-electron chi connectivity index (χ1n) is 10.6. The molecule has 2 aromatic carbocycles. The van der Waals surface area contributed by atoms with Gasteiger partial charge in [-0.2, -0.15) is 0 Å². The van der Waals surface area contributed by atoms with Crippen molar-refractivity contribution in [3.63, 3.8) is 0 Å². The Labute approximate surface area is 186 Å². The fourth-order valence-electron chi connectivity index (χ4n) is 3.81. The van der Waals surface area contributed by atoms with E-state index in [1.165, 1.54) is 5.56 Å². The van der Waals surface area contributed by atoms with Gasteiger partial charge in [0.2, 0.25) is 11.8 Å². The van der Waals surface area contributed by atoms with Gasteiger partial charge < -0.3 is 14.2 Å². The Morgan fingerprint density at radius 1 is 0.781 bits per heavy atom. The summed E-state index contributed by atoms with van der Waals surface area (Å²) in [6.07, 6.45) is 3.59. The third kappa shape index (κ3) is 4.09. The topological polar surface area (TPSA) is 75.4 Å². The lowest BCUT2D eigenvalue weighted by molar-refractivity contribution is 0.0747. The Morgan fingerprint density at radius 2 is 1.34 bits per heavy atom. The first-order chi connectivity index (χ1) is 15.7. The van der Waals surface area contributed by atoms with Gasteiger partial charge in [0, 0.05) is 61.0 Å². The lowest BCUT2D eigenvalue weighted by Crippen LogP contribution is -2.48. The third-order valence-electron chi connectivity index (χ3n) is 5.70. The molecular formula is C25H23N5O2. The van der Waals surface area contributed by atoms with E-state index in [-0.39, 0.29) is 5.91 Å². The maximum absolute atomic E-state index is 13.0.